The molecule has 7 rings (SSSR count). The molecular formula is C38H38N3O2+. The summed E-state index contributed by atoms with van der Waals surface area (Å²) in [4.78, 5) is 20.6. The number of carbonyl (C=O) groups excluding carboxylic acids is 1. The molecule has 0 aliphatic carbocycles. The third kappa shape index (κ3) is 4.32. The number of hydrogen-bond donors (Lipinski definition) is 0. The van der Waals surface area contributed by atoms with E-state index in [-0.39, 0.29) is 16.6 Å². The topological polar surface area (TPSA) is 49.7 Å². The molecule has 0 atom stereocenters. The van der Waals surface area contributed by atoms with E-state index in [4.69, 9.17) is 9.41 Å². The van der Waals surface area contributed by atoms with Gasteiger partial charge in [-0.25, -0.2) is 0 Å². The van der Waals surface area contributed by atoms with Crippen molar-refractivity contribution in [2.45, 2.75) is 58.3 Å². The number of nitrogens with zero attached hydrogens (tertiary/aromatic N) is 3. The lowest BCUT2D eigenvalue weighted by atomic mass is 9.81. The van der Waals surface area contributed by atoms with Crippen molar-refractivity contribution >= 4 is 50.8 Å². The molecule has 0 saturated heterocycles. The van der Waals surface area contributed by atoms with Gasteiger partial charge in [-0.15, -0.1) is 0 Å². The fourth-order valence-corrected chi connectivity index (χ4v) is 6.96. The van der Waals surface area contributed by atoms with Crippen LogP contribution in [-0.2, 0) is 29.1 Å². The van der Waals surface area contributed by atoms with Crippen molar-refractivity contribution in [1.82, 2.24) is 0 Å². The van der Waals surface area contributed by atoms with Gasteiger partial charge < -0.3 is 9.32 Å². The lowest BCUT2D eigenvalue weighted by Gasteiger charge is -2.26. The first-order valence-corrected chi connectivity index (χ1v) is 15.2. The number of oxazole rings is 1. The normalized spacial score (nSPS) is 17.5. The molecule has 0 fully saturated rings. The molecule has 4 aromatic carbocycles. The summed E-state index contributed by atoms with van der Waals surface area (Å²) in [6, 6.07) is 27.4. The first-order chi connectivity index (χ1) is 20.6. The van der Waals surface area contributed by atoms with Crippen LogP contribution in [0.3, 0.4) is 0 Å². The van der Waals surface area contributed by atoms with Crippen LogP contribution in [0.25, 0.3) is 27.9 Å². The van der Waals surface area contributed by atoms with Crippen LogP contribution in [0.1, 0.15) is 63.6 Å². The molecule has 0 bridgehead atoms. The Kier molecular flexibility index (Phi) is 6.21. The zero-order valence-electron chi connectivity index (χ0n) is 25.9. The van der Waals surface area contributed by atoms with Crippen molar-refractivity contribution in [3.8, 4) is 0 Å². The van der Waals surface area contributed by atoms with Crippen LogP contribution in [0.4, 0.5) is 11.4 Å². The number of rotatable bonds is 6. The molecule has 43 heavy (non-hydrogen) atoms. The van der Waals surface area contributed by atoms with Crippen molar-refractivity contribution in [2.24, 2.45) is 12.0 Å². The van der Waals surface area contributed by atoms with Gasteiger partial charge in [0.15, 0.2) is 0 Å². The van der Waals surface area contributed by atoms with Crippen molar-refractivity contribution in [1.29, 1.82) is 0 Å². The SMILES string of the molecule is CC1=Nc2ccc(CC(=O)CCN3C(=Cc4oc5ccccc5[n+]4C)C(C)(C)c4c3ccc3ccccc43)cc2C1(C)C. The summed E-state index contributed by atoms with van der Waals surface area (Å²) in [7, 11) is 2.04. The fourth-order valence-electron chi connectivity index (χ4n) is 6.96. The highest BCUT2D eigenvalue weighted by Crippen LogP contribution is 2.51. The minimum absolute atomic E-state index is 0.103. The quantitative estimate of drug-likeness (QED) is 0.194. The molecule has 2 aliphatic heterocycles. The number of aromatic nitrogens is 1. The molecule has 3 heterocycles. The number of carbonyl (C=O) groups is 1. The number of allylic oxidation sites excluding steroid dienone is 1. The standard InChI is InChI=1S/C38H38N3O2/c1-24-37(2,3)29-22-25(15-17-30(29)39-24)21-27(42)19-20-41-32-18-16-26-11-7-8-12-28(26)36(32)38(4,5)34(41)23-35-40(6)31-13-9-10-14-33(31)43-35/h7-18,22-23H,19-21H2,1-6H3/q+1. The van der Waals surface area contributed by atoms with E-state index in [1.165, 1.54) is 21.9 Å². The molecule has 0 saturated carbocycles. The zero-order valence-corrected chi connectivity index (χ0v) is 25.9. The maximum atomic E-state index is 13.5. The second-order valence-electron chi connectivity index (χ2n) is 13.1. The molecule has 5 nitrogen and oxygen atoms in total. The Balaban J connectivity index is 1.23. The average Bonchev–Trinajstić information content (AvgIpc) is 3.51. The van der Waals surface area contributed by atoms with E-state index in [0.29, 0.717) is 19.4 Å². The number of aliphatic imine (C=N–C) groups is 1. The zero-order chi connectivity index (χ0) is 30.1. The highest BCUT2D eigenvalue weighted by atomic mass is 16.3. The van der Waals surface area contributed by atoms with E-state index in [1.807, 2.05) is 25.2 Å². The van der Waals surface area contributed by atoms with E-state index >= 15 is 0 Å². The van der Waals surface area contributed by atoms with E-state index in [2.05, 4.69) is 111 Å². The minimum Gasteiger partial charge on any atom is -0.398 e. The number of anilines is 1. The van der Waals surface area contributed by atoms with E-state index in [1.54, 1.807) is 0 Å². The largest absolute Gasteiger partial charge is 0.398 e. The summed E-state index contributed by atoms with van der Waals surface area (Å²) in [5.74, 6) is 1.02. The van der Waals surface area contributed by atoms with Crippen LogP contribution in [0.2, 0.25) is 0 Å². The van der Waals surface area contributed by atoms with Crippen LogP contribution in [0.15, 0.2) is 94.0 Å². The van der Waals surface area contributed by atoms with Gasteiger partial charge in [-0.1, -0.05) is 82.3 Å². The van der Waals surface area contributed by atoms with Crippen molar-refractivity contribution in [3.05, 3.63) is 107 Å². The van der Waals surface area contributed by atoms with Crippen molar-refractivity contribution in [2.75, 3.05) is 11.4 Å². The number of ketones is 1. The molecule has 0 radical (unpaired) electrons. The summed E-state index contributed by atoms with van der Waals surface area (Å²) in [5.41, 5.74) is 9.50. The average molecular weight is 569 g/mol. The third-order valence-corrected chi connectivity index (χ3v) is 9.73. The number of para-hydroxylation sites is 2. The minimum atomic E-state index is -0.297. The lowest BCUT2D eigenvalue weighted by molar-refractivity contribution is -0.652. The Morgan fingerprint density at radius 1 is 0.953 bits per heavy atom. The maximum Gasteiger partial charge on any atom is 0.375 e. The Hall–Kier alpha value is -4.51. The van der Waals surface area contributed by atoms with Gasteiger partial charge in [-0.05, 0) is 52.6 Å². The number of benzene rings is 4. The van der Waals surface area contributed by atoms with Crippen molar-refractivity contribution in [3.63, 3.8) is 0 Å². The van der Waals surface area contributed by atoms with Gasteiger partial charge in [0.05, 0.1) is 11.8 Å². The van der Waals surface area contributed by atoms with Crippen LogP contribution in [0, 0.1) is 0 Å². The van der Waals surface area contributed by atoms with Gasteiger partial charge in [-0.3, -0.25) is 9.79 Å². The van der Waals surface area contributed by atoms with Gasteiger partial charge in [-0.2, -0.15) is 4.57 Å². The van der Waals surface area contributed by atoms with Crippen LogP contribution in [0.5, 0.6) is 0 Å². The van der Waals surface area contributed by atoms with E-state index in [0.717, 1.165) is 45.3 Å². The van der Waals surface area contributed by atoms with Gasteiger partial charge in [0.25, 0.3) is 5.52 Å². The first-order valence-electron chi connectivity index (χ1n) is 15.2. The lowest BCUT2D eigenvalue weighted by Crippen LogP contribution is -2.32. The Bertz CT molecular complexity index is 2010. The smallest absolute Gasteiger partial charge is 0.375 e. The molecular weight excluding hydrogens is 530 g/mol. The predicted octanol–water partition coefficient (Wildman–Crippen LogP) is 8.13. The monoisotopic (exact) mass is 568 g/mol. The van der Waals surface area contributed by atoms with Gasteiger partial charge in [0, 0.05) is 53.4 Å². The Labute approximate surface area is 253 Å². The first kappa shape index (κ1) is 27.3. The number of fused-ring (bicyclic) bond motifs is 5. The molecule has 2 aliphatic rings. The highest BCUT2D eigenvalue weighted by Gasteiger charge is 2.42. The van der Waals surface area contributed by atoms with Gasteiger partial charge >= 0.3 is 5.89 Å². The van der Waals surface area contributed by atoms with Crippen LogP contribution in [-0.4, -0.2) is 18.0 Å². The summed E-state index contributed by atoms with van der Waals surface area (Å²) in [6.07, 6.45) is 3.04. The second-order valence-corrected chi connectivity index (χ2v) is 13.1. The molecule has 5 heteroatoms. The molecule has 0 N–H and O–H groups in total. The Morgan fingerprint density at radius 3 is 2.53 bits per heavy atom. The third-order valence-electron chi connectivity index (χ3n) is 9.73. The van der Waals surface area contributed by atoms with Gasteiger partial charge in [0.2, 0.25) is 5.58 Å². The summed E-state index contributed by atoms with van der Waals surface area (Å²) >= 11 is 0. The summed E-state index contributed by atoms with van der Waals surface area (Å²) in [6.45, 7) is 11.7. The van der Waals surface area contributed by atoms with E-state index < -0.39 is 0 Å². The molecule has 0 amide bonds. The predicted molar refractivity (Wildman–Crippen MR) is 175 cm³/mol. The molecule has 0 unspecified atom stereocenters. The number of hydrogen-bond acceptors (Lipinski definition) is 4. The second kappa shape index (κ2) is 9.77. The van der Waals surface area contributed by atoms with Crippen LogP contribution < -0.4 is 9.47 Å². The molecule has 216 valence electrons. The van der Waals surface area contributed by atoms with Gasteiger partial charge in [0.1, 0.15) is 12.8 Å². The molecule has 1 aromatic heterocycles. The number of Topliss-reactive ketones (excluding diaryl/α,β-unsaturated/α-hetero) is 1. The fraction of sp³-hybridized carbons (Fsp3) is 0.289. The summed E-state index contributed by atoms with van der Waals surface area (Å²) in [5, 5.41) is 2.47. The molecule has 0 spiro atoms. The van der Waals surface area contributed by atoms with E-state index in [9.17, 15) is 4.79 Å². The Morgan fingerprint density at radius 2 is 1.72 bits per heavy atom. The molecule has 5 aromatic rings. The summed E-state index contributed by atoms with van der Waals surface area (Å²) < 4.78 is 8.44. The number of aryl methyl sites for hydroxylation is 1. The maximum absolute atomic E-state index is 13.5. The van der Waals surface area contributed by atoms with Crippen molar-refractivity contribution < 1.29 is 13.8 Å². The van der Waals surface area contributed by atoms with Crippen LogP contribution >= 0.6 is 0 Å². The highest BCUT2D eigenvalue weighted by molar-refractivity contribution is 6.00.